The van der Waals surface area contributed by atoms with Crippen molar-refractivity contribution in [1.82, 2.24) is 14.5 Å². The lowest BCUT2D eigenvalue weighted by Crippen LogP contribution is -2.29. The number of para-hydroxylation sites is 1. The Balaban J connectivity index is 1.63. The first-order valence-corrected chi connectivity index (χ1v) is 10.1. The van der Waals surface area contributed by atoms with Gasteiger partial charge in [0.25, 0.3) is 5.56 Å². The average Bonchev–Trinajstić information content (AvgIpc) is 3.37. The van der Waals surface area contributed by atoms with Gasteiger partial charge in [-0.15, -0.1) is 0 Å². The molecule has 29 heavy (non-hydrogen) atoms. The van der Waals surface area contributed by atoms with Gasteiger partial charge in [0.2, 0.25) is 5.91 Å². The van der Waals surface area contributed by atoms with Crippen LogP contribution in [0.4, 0.5) is 5.69 Å². The highest BCUT2D eigenvalue weighted by Crippen LogP contribution is 2.21. The predicted molar refractivity (Wildman–Crippen MR) is 113 cm³/mol. The highest BCUT2D eigenvalue weighted by Gasteiger charge is 2.17. The van der Waals surface area contributed by atoms with Crippen LogP contribution in [0.1, 0.15) is 11.5 Å². The molecule has 1 N–H and O–H groups in total. The second kappa shape index (κ2) is 8.00. The maximum atomic E-state index is 13.0. The molecule has 0 aliphatic carbocycles. The Labute approximate surface area is 171 Å². The van der Waals surface area contributed by atoms with Gasteiger partial charge >= 0.3 is 0 Å². The Morgan fingerprint density at radius 1 is 1.24 bits per heavy atom. The summed E-state index contributed by atoms with van der Waals surface area (Å²) in [6, 6.07) is 14.8. The molecule has 0 aliphatic rings. The molecule has 0 saturated carbocycles. The van der Waals surface area contributed by atoms with Gasteiger partial charge in [-0.25, -0.2) is 4.98 Å². The first-order chi connectivity index (χ1) is 14.0. The number of hydrogen-bond donors (Lipinski definition) is 1. The van der Waals surface area contributed by atoms with Gasteiger partial charge in [0.15, 0.2) is 5.16 Å². The number of thioether (sulfide) groups is 1. The van der Waals surface area contributed by atoms with Crippen LogP contribution in [-0.4, -0.2) is 33.2 Å². The quantitative estimate of drug-likeness (QED) is 0.390. The molecule has 8 heteroatoms. The van der Waals surface area contributed by atoms with Gasteiger partial charge in [0, 0.05) is 18.4 Å². The summed E-state index contributed by atoms with van der Waals surface area (Å²) < 4.78 is 6.94. The summed E-state index contributed by atoms with van der Waals surface area (Å²) in [5, 5.41) is 0.479. The topological polar surface area (TPSA) is 84.1 Å². The van der Waals surface area contributed by atoms with Crippen molar-refractivity contribution in [3.63, 3.8) is 0 Å². The van der Waals surface area contributed by atoms with Gasteiger partial charge in [0.1, 0.15) is 11.3 Å². The van der Waals surface area contributed by atoms with E-state index in [1.165, 1.54) is 16.3 Å². The first-order valence-electron chi connectivity index (χ1n) is 9.10. The van der Waals surface area contributed by atoms with Crippen molar-refractivity contribution in [2.24, 2.45) is 0 Å². The number of aromatic amines is 1. The number of furan rings is 1. The summed E-state index contributed by atoms with van der Waals surface area (Å²) in [4.78, 5) is 35.0. The minimum absolute atomic E-state index is 0.0784. The van der Waals surface area contributed by atoms with Crippen LogP contribution in [0.2, 0.25) is 0 Å². The third-order valence-electron chi connectivity index (χ3n) is 4.57. The zero-order valence-corrected chi connectivity index (χ0v) is 16.9. The number of aromatic nitrogens is 3. The molecule has 3 heterocycles. The van der Waals surface area contributed by atoms with Gasteiger partial charge in [-0.05, 0) is 37.3 Å². The minimum atomic E-state index is -0.189. The van der Waals surface area contributed by atoms with Crippen LogP contribution < -0.4 is 10.5 Å². The van der Waals surface area contributed by atoms with E-state index in [2.05, 4.69) is 9.97 Å². The number of nitrogens with zero attached hydrogens (tertiary/aromatic N) is 3. The molecule has 0 saturated heterocycles. The van der Waals surface area contributed by atoms with Crippen molar-refractivity contribution >= 4 is 34.4 Å². The molecule has 0 spiro atoms. The normalized spacial score (nSPS) is 11.1. The Morgan fingerprint density at radius 3 is 2.76 bits per heavy atom. The van der Waals surface area contributed by atoms with E-state index in [1.54, 1.807) is 30.3 Å². The Hall–Kier alpha value is -3.26. The van der Waals surface area contributed by atoms with Crippen molar-refractivity contribution in [2.75, 3.05) is 17.7 Å². The van der Waals surface area contributed by atoms with E-state index >= 15 is 0 Å². The Kier molecular flexibility index (Phi) is 5.26. The molecule has 0 unspecified atom stereocenters. The van der Waals surface area contributed by atoms with Crippen molar-refractivity contribution in [3.8, 4) is 0 Å². The van der Waals surface area contributed by atoms with E-state index in [-0.39, 0.29) is 23.8 Å². The number of amides is 1. The van der Waals surface area contributed by atoms with Gasteiger partial charge in [-0.3, -0.25) is 14.2 Å². The predicted octanol–water partition coefficient (Wildman–Crippen LogP) is 3.43. The third kappa shape index (κ3) is 3.97. The molecule has 3 aromatic heterocycles. The fourth-order valence-corrected chi connectivity index (χ4v) is 3.95. The van der Waals surface area contributed by atoms with Crippen molar-refractivity contribution in [3.05, 3.63) is 76.6 Å². The Bertz CT molecular complexity index is 1200. The second-order valence-electron chi connectivity index (χ2n) is 6.65. The van der Waals surface area contributed by atoms with E-state index in [0.717, 1.165) is 11.4 Å². The SMILES string of the molecule is Cc1cc2nc(SCC(=O)N(C)c3ccccc3)n(Cc3ccco3)c(=O)c2[nH]1. The van der Waals surface area contributed by atoms with Crippen LogP contribution in [0.3, 0.4) is 0 Å². The lowest BCUT2D eigenvalue weighted by molar-refractivity contribution is -0.115. The van der Waals surface area contributed by atoms with E-state index in [4.69, 9.17) is 4.42 Å². The molecular weight excluding hydrogens is 388 g/mol. The number of H-pyrrole nitrogens is 1. The summed E-state index contributed by atoms with van der Waals surface area (Å²) in [6.45, 7) is 2.13. The van der Waals surface area contributed by atoms with E-state index in [9.17, 15) is 9.59 Å². The number of benzene rings is 1. The lowest BCUT2D eigenvalue weighted by atomic mass is 10.3. The van der Waals surface area contributed by atoms with Gasteiger partial charge < -0.3 is 14.3 Å². The molecule has 0 bridgehead atoms. The number of rotatable bonds is 6. The van der Waals surface area contributed by atoms with Crippen LogP contribution in [0, 0.1) is 6.92 Å². The van der Waals surface area contributed by atoms with Gasteiger partial charge in [0.05, 0.1) is 24.1 Å². The standard InChI is InChI=1S/C21H20N4O3S/c1-14-11-17-19(22-14)20(27)25(12-16-9-6-10-28-16)21(23-17)29-13-18(26)24(2)15-7-4-3-5-8-15/h3-11,22H,12-13H2,1-2H3. The number of fused-ring (bicyclic) bond motifs is 1. The van der Waals surface area contributed by atoms with Gasteiger partial charge in [-0.1, -0.05) is 30.0 Å². The highest BCUT2D eigenvalue weighted by molar-refractivity contribution is 7.99. The summed E-state index contributed by atoms with van der Waals surface area (Å²) in [5.74, 6) is 0.724. The lowest BCUT2D eigenvalue weighted by Gasteiger charge is -2.17. The average molecular weight is 408 g/mol. The molecule has 7 nitrogen and oxygen atoms in total. The summed E-state index contributed by atoms with van der Waals surface area (Å²) in [5.41, 5.74) is 2.53. The van der Waals surface area contributed by atoms with E-state index in [0.29, 0.717) is 22.0 Å². The number of carbonyl (C=O) groups excluding carboxylic acids is 1. The fourth-order valence-electron chi connectivity index (χ4n) is 3.04. The largest absolute Gasteiger partial charge is 0.467 e. The van der Waals surface area contributed by atoms with Crippen molar-refractivity contribution in [2.45, 2.75) is 18.6 Å². The van der Waals surface area contributed by atoms with Crippen LogP contribution in [0.25, 0.3) is 11.0 Å². The van der Waals surface area contributed by atoms with Crippen LogP contribution in [-0.2, 0) is 11.3 Å². The van der Waals surface area contributed by atoms with Crippen LogP contribution in [0.5, 0.6) is 0 Å². The molecule has 1 amide bonds. The third-order valence-corrected chi connectivity index (χ3v) is 5.54. The van der Waals surface area contributed by atoms with E-state index in [1.807, 2.05) is 43.3 Å². The fraction of sp³-hybridized carbons (Fsp3) is 0.190. The van der Waals surface area contributed by atoms with E-state index < -0.39 is 0 Å². The number of carbonyl (C=O) groups is 1. The zero-order valence-electron chi connectivity index (χ0n) is 16.1. The molecule has 0 aliphatic heterocycles. The number of nitrogens with one attached hydrogen (secondary N) is 1. The van der Waals surface area contributed by atoms with Gasteiger partial charge in [-0.2, -0.15) is 0 Å². The molecule has 1 aromatic carbocycles. The van der Waals surface area contributed by atoms with Crippen LogP contribution >= 0.6 is 11.8 Å². The second-order valence-corrected chi connectivity index (χ2v) is 7.60. The maximum Gasteiger partial charge on any atom is 0.278 e. The summed E-state index contributed by atoms with van der Waals surface area (Å²) >= 11 is 1.24. The molecule has 148 valence electrons. The molecule has 0 atom stereocenters. The Morgan fingerprint density at radius 2 is 2.03 bits per heavy atom. The number of anilines is 1. The highest BCUT2D eigenvalue weighted by atomic mass is 32.2. The summed E-state index contributed by atoms with van der Waals surface area (Å²) in [6.07, 6.45) is 1.57. The maximum absolute atomic E-state index is 13.0. The molecular formula is C21H20N4O3S. The smallest absolute Gasteiger partial charge is 0.278 e. The summed E-state index contributed by atoms with van der Waals surface area (Å²) in [7, 11) is 1.74. The molecule has 0 fully saturated rings. The first kappa shape index (κ1) is 19.1. The monoisotopic (exact) mass is 408 g/mol. The number of aryl methyl sites for hydroxylation is 1. The van der Waals surface area contributed by atoms with Crippen molar-refractivity contribution < 1.29 is 9.21 Å². The molecule has 4 rings (SSSR count). The minimum Gasteiger partial charge on any atom is -0.467 e. The number of hydrogen-bond acceptors (Lipinski definition) is 5. The van der Waals surface area contributed by atoms with Crippen molar-refractivity contribution in [1.29, 1.82) is 0 Å². The molecule has 4 aromatic rings. The van der Waals surface area contributed by atoms with Crippen LogP contribution in [0.15, 0.2) is 69.2 Å². The zero-order chi connectivity index (χ0) is 20.4. The molecule has 0 radical (unpaired) electrons.